The molecule has 2 aromatic rings. The number of hydrogen-bond acceptors (Lipinski definition) is 0. The molecule has 0 spiro atoms. The van der Waals surface area contributed by atoms with E-state index in [2.05, 4.69) is 128 Å². The summed E-state index contributed by atoms with van der Waals surface area (Å²) in [4.78, 5) is 0. The van der Waals surface area contributed by atoms with Gasteiger partial charge in [0.05, 0.1) is 0 Å². The van der Waals surface area contributed by atoms with Crippen molar-refractivity contribution in [2.24, 2.45) is 0 Å². The summed E-state index contributed by atoms with van der Waals surface area (Å²) in [5.41, 5.74) is 8.30. The molecule has 4 rings (SSSR count). The third kappa shape index (κ3) is 4.07. The van der Waals surface area contributed by atoms with E-state index in [0.29, 0.717) is 0 Å². The van der Waals surface area contributed by atoms with Crippen LogP contribution in [-0.4, -0.2) is 8.07 Å². The van der Waals surface area contributed by atoms with Crippen molar-refractivity contribution in [3.63, 3.8) is 0 Å². The fraction of sp³-hybridized carbons (Fsp3) is 0.333. The molecule has 0 saturated heterocycles. The minimum Gasteiger partial charge on any atom is -1.00 e. The minimum atomic E-state index is -2.60. The molecular weight excluding hydrogens is 638 g/mol. The second-order valence-corrected chi connectivity index (χ2v) is 14.4. The molecule has 0 saturated carbocycles. The van der Waals surface area contributed by atoms with E-state index in [0.717, 1.165) is 0 Å². The Kier molecular flexibility index (Phi) is 10.1. The van der Waals surface area contributed by atoms with E-state index in [1.165, 1.54) is 43.8 Å². The van der Waals surface area contributed by atoms with E-state index in [1.54, 1.807) is 0 Å². The first-order chi connectivity index (χ1) is 14.6. The zero-order valence-electron chi connectivity index (χ0n) is 21.5. The monoisotopic (exact) mass is 672 g/mol. The summed E-state index contributed by atoms with van der Waals surface area (Å²) in [5.74, 6) is 0. The zero-order chi connectivity index (χ0) is 22.6. The summed E-state index contributed by atoms with van der Waals surface area (Å²) in [6.07, 6.45) is 8.10. The maximum absolute atomic E-state index is 4.05. The molecule has 176 valence electrons. The summed E-state index contributed by atoms with van der Waals surface area (Å²) < 4.78 is 0. The summed E-state index contributed by atoms with van der Waals surface area (Å²) in [7, 11) is -2.60. The van der Waals surface area contributed by atoms with Crippen LogP contribution in [0, 0.1) is 12.2 Å². The van der Waals surface area contributed by atoms with Gasteiger partial charge >= 0.3 is 25.8 Å². The van der Waals surface area contributed by atoms with Gasteiger partial charge in [-0.25, -0.2) is 11.1 Å². The molecule has 0 heterocycles. The van der Waals surface area contributed by atoms with Crippen LogP contribution < -0.4 is 35.2 Å². The van der Waals surface area contributed by atoms with E-state index < -0.39 is 8.07 Å². The van der Waals surface area contributed by atoms with Gasteiger partial charge in [0, 0.05) is 0 Å². The summed E-state index contributed by atoms with van der Waals surface area (Å²) in [6.45, 7) is 18.6. The molecule has 4 heteroatoms. The van der Waals surface area contributed by atoms with Crippen molar-refractivity contribution in [1.82, 2.24) is 0 Å². The molecule has 2 aromatic carbocycles. The Morgan fingerprint density at radius 3 is 1.09 bits per heavy atom. The Bertz CT molecular complexity index is 1070. The average Bonchev–Trinajstić information content (AvgIpc) is 3.09. The van der Waals surface area contributed by atoms with Crippen LogP contribution >= 0.6 is 0 Å². The van der Waals surface area contributed by atoms with Crippen molar-refractivity contribution in [2.45, 2.75) is 65.5 Å². The molecule has 0 bridgehead atoms. The number of benzene rings is 2. The van der Waals surface area contributed by atoms with Crippen LogP contribution in [0.25, 0.3) is 0 Å². The summed E-state index contributed by atoms with van der Waals surface area (Å²) in [5, 5.41) is 2.54. The van der Waals surface area contributed by atoms with Crippen LogP contribution in [0.5, 0.6) is 0 Å². The fourth-order valence-corrected chi connectivity index (χ4v) is 13.7. The Morgan fingerprint density at radius 1 is 0.559 bits per heavy atom. The van der Waals surface area contributed by atoms with Crippen LogP contribution in [0.15, 0.2) is 94.1 Å². The van der Waals surface area contributed by atoms with Gasteiger partial charge in [0.15, 0.2) is 0 Å². The molecule has 0 radical (unpaired) electrons. The average molecular weight is 672 g/mol. The summed E-state index contributed by atoms with van der Waals surface area (Å²) >= 11 is 0. The van der Waals surface area contributed by atoms with Crippen LogP contribution in [0.1, 0.15) is 55.4 Å². The molecule has 2 unspecified atom stereocenters. The van der Waals surface area contributed by atoms with Crippen molar-refractivity contribution in [2.75, 3.05) is 0 Å². The molecular formula is C30H34Cl2HfSi. The van der Waals surface area contributed by atoms with E-state index in [9.17, 15) is 0 Å². The van der Waals surface area contributed by atoms with Crippen LogP contribution in [0.2, 0.25) is 10.1 Å². The molecule has 0 fully saturated rings. The SMILES string of the molecule is CC1=[C-]C(C)([Si](c2ccccc2)(c2ccccc2)C2(C)[C-]=C(C)C(C)=C2C)C(C)=C1C.[Cl-].[Cl-].[Hf+4]. The Hall–Kier alpha value is -0.933. The number of halogens is 2. The Balaban J connectivity index is 0.00000193. The van der Waals surface area contributed by atoms with E-state index >= 15 is 0 Å². The third-order valence-electron chi connectivity index (χ3n) is 8.54. The number of rotatable bonds is 4. The predicted molar refractivity (Wildman–Crippen MR) is 136 cm³/mol. The maximum Gasteiger partial charge on any atom is 4.00 e. The number of hydrogen-bond donors (Lipinski definition) is 0. The van der Waals surface area contributed by atoms with Crippen molar-refractivity contribution in [3.05, 3.63) is 106 Å². The van der Waals surface area contributed by atoms with Gasteiger partial charge in [-0.15, -0.1) is 13.8 Å². The molecule has 2 atom stereocenters. The standard InChI is InChI=1S/C30H34Si.2ClH.Hf/c1-21-19-29(7,25(5)23(21)3)31(27-15-11-9-12-16-27,28-17-13-10-14-18-28)30(8)20-22(2)24(4)26(30)6;;;/h9-18H,1-8H3;2*1H;/q-2;;;+4/p-2. The van der Waals surface area contributed by atoms with Crippen molar-refractivity contribution in [3.8, 4) is 0 Å². The normalized spacial score (nSPS) is 24.1. The molecule has 2 aliphatic carbocycles. The summed E-state index contributed by atoms with van der Waals surface area (Å²) in [6, 6.07) is 22.6. The van der Waals surface area contributed by atoms with Gasteiger partial charge in [0.2, 0.25) is 0 Å². The molecule has 0 N–H and O–H groups in total. The quantitative estimate of drug-likeness (QED) is 0.336. The van der Waals surface area contributed by atoms with Gasteiger partial charge in [0.1, 0.15) is 8.07 Å². The fourth-order valence-electron chi connectivity index (χ4n) is 6.39. The predicted octanol–water partition coefficient (Wildman–Crippen LogP) is 0.975. The Labute approximate surface area is 239 Å². The van der Waals surface area contributed by atoms with E-state index in [-0.39, 0.29) is 60.7 Å². The molecule has 0 aliphatic heterocycles. The van der Waals surface area contributed by atoms with Crippen LogP contribution in [-0.2, 0) is 25.8 Å². The van der Waals surface area contributed by atoms with Gasteiger partial charge in [-0.05, 0) is 0 Å². The first kappa shape index (κ1) is 31.1. The third-order valence-corrected chi connectivity index (χ3v) is 14.9. The van der Waals surface area contributed by atoms with Gasteiger partial charge in [0.25, 0.3) is 0 Å². The van der Waals surface area contributed by atoms with Gasteiger partial charge < -0.3 is 24.8 Å². The molecule has 34 heavy (non-hydrogen) atoms. The van der Waals surface area contributed by atoms with Gasteiger partial charge in [-0.3, -0.25) is 12.2 Å². The second kappa shape index (κ2) is 11.0. The number of allylic oxidation sites excluding steroid dienone is 8. The smallest absolute Gasteiger partial charge is 1.00 e. The molecule has 2 aliphatic rings. The topological polar surface area (TPSA) is 0 Å². The van der Waals surface area contributed by atoms with Crippen molar-refractivity contribution >= 4 is 18.4 Å². The molecule has 0 aromatic heterocycles. The van der Waals surface area contributed by atoms with Crippen molar-refractivity contribution in [1.29, 1.82) is 0 Å². The van der Waals surface area contributed by atoms with Gasteiger partial charge in [-0.1, -0.05) is 123 Å². The van der Waals surface area contributed by atoms with E-state index in [4.69, 9.17) is 0 Å². The second-order valence-electron chi connectivity index (χ2n) is 9.73. The first-order valence-electron chi connectivity index (χ1n) is 11.3. The van der Waals surface area contributed by atoms with Crippen LogP contribution in [0.4, 0.5) is 0 Å². The van der Waals surface area contributed by atoms with E-state index in [1.807, 2.05) is 0 Å². The molecule has 0 amide bonds. The largest absolute Gasteiger partial charge is 4.00 e. The first-order valence-corrected chi connectivity index (χ1v) is 13.3. The van der Waals surface area contributed by atoms with Crippen LogP contribution in [0.3, 0.4) is 0 Å². The van der Waals surface area contributed by atoms with Gasteiger partial charge in [-0.2, -0.15) is 22.3 Å². The Morgan fingerprint density at radius 2 is 0.853 bits per heavy atom. The van der Waals surface area contributed by atoms with Crippen molar-refractivity contribution < 1.29 is 50.7 Å². The zero-order valence-corrected chi connectivity index (χ0v) is 27.6. The minimum absolute atomic E-state index is 0. The maximum atomic E-state index is 4.05. The molecule has 0 nitrogen and oxygen atoms in total.